The average Bonchev–Trinajstić information content (AvgIpc) is 2.90. The molecule has 0 aliphatic rings. The molecule has 0 aliphatic heterocycles. The number of rotatable bonds is 4. The fraction of sp³-hybridized carbons (Fsp3) is 0.0556. The van der Waals surface area contributed by atoms with Crippen LogP contribution in [-0.2, 0) is 0 Å². The van der Waals surface area contributed by atoms with Crippen LogP contribution in [0.2, 0.25) is 5.02 Å². The molecule has 0 saturated heterocycles. The molecule has 0 bridgehead atoms. The summed E-state index contributed by atoms with van der Waals surface area (Å²) in [6.45, 7) is 0. The summed E-state index contributed by atoms with van der Waals surface area (Å²) in [7, 11) is 0. The number of halogens is 4. The number of ketones is 1. The van der Waals surface area contributed by atoms with E-state index in [4.69, 9.17) is 11.6 Å². The summed E-state index contributed by atoms with van der Waals surface area (Å²) in [5.74, 6) is -1.20. The van der Waals surface area contributed by atoms with Gasteiger partial charge in [-0.1, -0.05) is 51.8 Å². The maximum atomic E-state index is 13.0. The maximum Gasteiger partial charge on any atom is 0.300 e. The zero-order valence-corrected chi connectivity index (χ0v) is 14.5. The van der Waals surface area contributed by atoms with Gasteiger partial charge in [0.1, 0.15) is 0 Å². The minimum Gasteiger partial charge on any atom is -0.354 e. The van der Waals surface area contributed by atoms with Crippen LogP contribution in [0, 0.1) is 0 Å². The van der Waals surface area contributed by atoms with Gasteiger partial charge in [-0.05, 0) is 35.9 Å². The molecule has 0 amide bonds. The summed E-state index contributed by atoms with van der Waals surface area (Å²) < 4.78 is 26.7. The van der Waals surface area contributed by atoms with Crippen molar-refractivity contribution in [1.82, 2.24) is 4.98 Å². The predicted octanol–water partition coefficient (Wildman–Crippen LogP) is 6.20. The third kappa shape index (κ3) is 3.42. The van der Waals surface area contributed by atoms with Crippen LogP contribution < -0.4 is 0 Å². The Balaban J connectivity index is 2.10. The first kappa shape index (κ1) is 16.9. The van der Waals surface area contributed by atoms with Crippen molar-refractivity contribution in [2.45, 2.75) is 6.43 Å². The molecule has 0 unspecified atom stereocenters. The maximum absolute atomic E-state index is 13.0. The fourth-order valence-corrected chi connectivity index (χ4v) is 2.93. The molecule has 0 atom stereocenters. The topological polar surface area (TPSA) is 32.9 Å². The summed E-state index contributed by atoms with van der Waals surface area (Å²) in [6.07, 6.45) is 0.292. The second-order valence-corrected chi connectivity index (χ2v) is 6.51. The third-order valence-electron chi connectivity index (χ3n) is 3.55. The lowest BCUT2D eigenvalue weighted by atomic mass is 10.1. The minimum atomic E-state index is -3.06. The monoisotopic (exact) mass is 409 g/mol. The number of hydrogen-bond donors (Lipinski definition) is 1. The molecule has 1 aromatic heterocycles. The van der Waals surface area contributed by atoms with Gasteiger partial charge in [-0.3, -0.25) is 4.79 Å². The van der Waals surface area contributed by atoms with Crippen molar-refractivity contribution < 1.29 is 13.6 Å². The number of H-pyrrole nitrogens is 1. The number of fused-ring (bicyclic) bond motifs is 1. The summed E-state index contributed by atoms with van der Waals surface area (Å²) in [6, 6.07) is 12.2. The summed E-state index contributed by atoms with van der Waals surface area (Å²) >= 11 is 9.17. The third-order valence-corrected chi connectivity index (χ3v) is 4.29. The number of aromatic nitrogens is 1. The highest BCUT2D eigenvalue weighted by Crippen LogP contribution is 2.28. The van der Waals surface area contributed by atoms with Gasteiger partial charge in [-0.2, -0.15) is 0 Å². The van der Waals surface area contributed by atoms with Gasteiger partial charge in [0.15, 0.2) is 0 Å². The molecular weight excluding hydrogens is 400 g/mol. The van der Waals surface area contributed by atoms with Crippen molar-refractivity contribution in [3.8, 4) is 0 Å². The minimum absolute atomic E-state index is 0.00212. The van der Waals surface area contributed by atoms with E-state index in [1.54, 1.807) is 54.6 Å². The van der Waals surface area contributed by atoms with Gasteiger partial charge in [0.2, 0.25) is 5.78 Å². The number of nitrogens with one attached hydrogen (secondary N) is 1. The molecular formula is C18H11BrClF2NO. The van der Waals surface area contributed by atoms with E-state index in [-0.39, 0.29) is 5.56 Å². The molecule has 3 aromatic rings. The van der Waals surface area contributed by atoms with Crippen molar-refractivity contribution in [2.24, 2.45) is 0 Å². The van der Waals surface area contributed by atoms with E-state index in [1.165, 1.54) is 0 Å². The van der Waals surface area contributed by atoms with Crippen LogP contribution in [0.4, 0.5) is 8.78 Å². The van der Waals surface area contributed by atoms with Crippen LogP contribution in [0.25, 0.3) is 23.1 Å². The Labute approximate surface area is 150 Å². The molecule has 0 saturated carbocycles. The quantitative estimate of drug-likeness (QED) is 0.510. The summed E-state index contributed by atoms with van der Waals surface area (Å²) in [5, 5.41) is 1.08. The highest BCUT2D eigenvalue weighted by molar-refractivity contribution is 9.10. The lowest BCUT2D eigenvalue weighted by Gasteiger charge is -2.00. The van der Waals surface area contributed by atoms with Crippen molar-refractivity contribution >= 4 is 56.4 Å². The van der Waals surface area contributed by atoms with Crippen LogP contribution in [0.5, 0.6) is 0 Å². The standard InChI is InChI=1S/C18H11BrClF2NO/c19-11-4-7-13-15(9-11)23-14(16(13)17(24)18(21)22)8-3-10-1-5-12(20)6-2-10/h1-9,18,23H/b8-3+. The number of carbonyl (C=O) groups excluding carboxylic acids is 1. The van der Waals surface area contributed by atoms with Gasteiger partial charge in [-0.15, -0.1) is 0 Å². The molecule has 1 N–H and O–H groups in total. The van der Waals surface area contributed by atoms with Crippen LogP contribution in [0.15, 0.2) is 46.9 Å². The number of alkyl halides is 2. The van der Waals surface area contributed by atoms with Crippen molar-refractivity contribution in [3.63, 3.8) is 0 Å². The van der Waals surface area contributed by atoms with Crippen LogP contribution in [-0.4, -0.2) is 17.2 Å². The van der Waals surface area contributed by atoms with E-state index in [0.29, 0.717) is 21.6 Å². The highest BCUT2D eigenvalue weighted by atomic mass is 79.9. The molecule has 122 valence electrons. The zero-order chi connectivity index (χ0) is 17.3. The molecule has 0 radical (unpaired) electrons. The summed E-state index contributed by atoms with van der Waals surface area (Å²) in [5.41, 5.74) is 1.81. The van der Waals surface area contributed by atoms with E-state index in [0.717, 1.165) is 10.0 Å². The Hall–Kier alpha value is -1.98. The molecule has 1 heterocycles. The lowest BCUT2D eigenvalue weighted by molar-refractivity contribution is 0.0680. The number of carbonyl (C=O) groups is 1. The van der Waals surface area contributed by atoms with E-state index in [2.05, 4.69) is 20.9 Å². The molecule has 2 nitrogen and oxygen atoms in total. The first-order valence-electron chi connectivity index (χ1n) is 7.03. The van der Waals surface area contributed by atoms with Gasteiger partial charge < -0.3 is 4.98 Å². The average molecular weight is 411 g/mol. The first-order valence-corrected chi connectivity index (χ1v) is 8.20. The van der Waals surface area contributed by atoms with Crippen LogP contribution >= 0.6 is 27.5 Å². The second-order valence-electron chi connectivity index (χ2n) is 5.15. The number of aromatic amines is 1. The van der Waals surface area contributed by atoms with Gasteiger partial charge in [0.05, 0.1) is 11.3 Å². The van der Waals surface area contributed by atoms with Crippen LogP contribution in [0.1, 0.15) is 21.6 Å². The molecule has 3 rings (SSSR count). The zero-order valence-electron chi connectivity index (χ0n) is 12.2. The van der Waals surface area contributed by atoms with Crippen molar-refractivity contribution in [3.05, 3.63) is 68.8 Å². The lowest BCUT2D eigenvalue weighted by Crippen LogP contribution is -2.11. The number of hydrogen-bond acceptors (Lipinski definition) is 1. The summed E-state index contributed by atoms with van der Waals surface area (Å²) in [4.78, 5) is 15.0. The second kappa shape index (κ2) is 6.87. The molecule has 2 aromatic carbocycles. The Morgan fingerprint density at radius 3 is 2.50 bits per heavy atom. The Kier molecular flexibility index (Phi) is 4.83. The number of Topliss-reactive ketones (excluding diaryl/α,β-unsaturated/α-hetero) is 1. The van der Waals surface area contributed by atoms with Crippen molar-refractivity contribution in [1.29, 1.82) is 0 Å². The van der Waals surface area contributed by atoms with Gasteiger partial charge in [0, 0.05) is 20.4 Å². The normalized spacial score (nSPS) is 11.7. The Bertz CT molecular complexity index is 932. The first-order chi connectivity index (χ1) is 11.5. The van der Waals surface area contributed by atoms with E-state index in [9.17, 15) is 13.6 Å². The van der Waals surface area contributed by atoms with E-state index < -0.39 is 12.2 Å². The van der Waals surface area contributed by atoms with Crippen molar-refractivity contribution in [2.75, 3.05) is 0 Å². The fourth-order valence-electron chi connectivity index (χ4n) is 2.44. The largest absolute Gasteiger partial charge is 0.354 e. The molecule has 24 heavy (non-hydrogen) atoms. The SMILES string of the molecule is O=C(c1c(/C=C/c2ccc(Cl)cc2)[nH]c2cc(Br)ccc12)C(F)F. The van der Waals surface area contributed by atoms with E-state index >= 15 is 0 Å². The number of benzene rings is 2. The Morgan fingerprint density at radius 1 is 1.12 bits per heavy atom. The highest BCUT2D eigenvalue weighted by Gasteiger charge is 2.24. The van der Waals surface area contributed by atoms with E-state index in [1.807, 2.05) is 0 Å². The van der Waals surface area contributed by atoms with Gasteiger partial charge in [-0.25, -0.2) is 8.78 Å². The Morgan fingerprint density at radius 2 is 1.83 bits per heavy atom. The smallest absolute Gasteiger partial charge is 0.300 e. The molecule has 0 aliphatic carbocycles. The van der Waals surface area contributed by atoms with Crippen LogP contribution in [0.3, 0.4) is 0 Å². The van der Waals surface area contributed by atoms with Gasteiger partial charge in [0.25, 0.3) is 0 Å². The van der Waals surface area contributed by atoms with Gasteiger partial charge >= 0.3 is 6.43 Å². The molecule has 0 spiro atoms. The molecule has 6 heteroatoms. The molecule has 0 fully saturated rings. The predicted molar refractivity (Wildman–Crippen MR) is 96.7 cm³/mol.